The van der Waals surface area contributed by atoms with E-state index in [1.807, 2.05) is 13.1 Å². The lowest BCUT2D eigenvalue weighted by atomic mass is 9.97. The Bertz CT molecular complexity index is 126. The van der Waals surface area contributed by atoms with Gasteiger partial charge in [0.05, 0.1) is 0 Å². The van der Waals surface area contributed by atoms with Gasteiger partial charge < -0.3 is 5.32 Å². The van der Waals surface area contributed by atoms with Crippen LogP contribution in [0.25, 0.3) is 0 Å². The third kappa shape index (κ3) is 2.95. The first-order valence-corrected chi connectivity index (χ1v) is 4.84. The van der Waals surface area contributed by atoms with E-state index >= 15 is 0 Å². The monoisotopic (exact) mass is 168 g/mol. The second-order valence-corrected chi connectivity index (χ2v) is 3.59. The molecule has 0 saturated carbocycles. The molecule has 0 bridgehead atoms. The van der Waals surface area contributed by atoms with Gasteiger partial charge in [-0.25, -0.2) is 0 Å². The van der Waals surface area contributed by atoms with Crippen molar-refractivity contribution in [3.05, 3.63) is 12.7 Å². The van der Waals surface area contributed by atoms with Crippen molar-refractivity contribution in [3.8, 4) is 0 Å². The molecule has 1 heterocycles. The topological polar surface area (TPSA) is 15.3 Å². The summed E-state index contributed by atoms with van der Waals surface area (Å²) in [7, 11) is 2.04. The largest absolute Gasteiger partial charge is 0.319 e. The Morgan fingerprint density at radius 3 is 2.67 bits per heavy atom. The molecule has 0 amide bonds. The number of piperidine rings is 1. The normalized spacial score (nSPS) is 21.1. The van der Waals surface area contributed by atoms with Crippen LogP contribution in [0.2, 0.25) is 0 Å². The number of nitrogens with one attached hydrogen (secondary N) is 1. The molecule has 70 valence electrons. The zero-order valence-electron chi connectivity index (χ0n) is 8.05. The first-order valence-electron chi connectivity index (χ1n) is 4.84. The molecule has 0 aromatic heterocycles. The van der Waals surface area contributed by atoms with E-state index in [0.717, 1.165) is 12.5 Å². The van der Waals surface area contributed by atoms with E-state index in [4.69, 9.17) is 0 Å². The lowest BCUT2D eigenvalue weighted by molar-refractivity contribution is 0.200. The fraction of sp³-hybridized carbons (Fsp3) is 0.800. The summed E-state index contributed by atoms with van der Waals surface area (Å²) >= 11 is 0. The summed E-state index contributed by atoms with van der Waals surface area (Å²) in [5.74, 6) is 0.899. The SMILES string of the molecule is C=CCN1CCC(CNC)CC1. The molecule has 1 saturated heterocycles. The maximum Gasteiger partial charge on any atom is 0.0160 e. The highest BCUT2D eigenvalue weighted by molar-refractivity contribution is 4.79. The summed E-state index contributed by atoms with van der Waals surface area (Å²) in [6.07, 6.45) is 4.68. The molecule has 1 fully saturated rings. The van der Waals surface area contributed by atoms with Crippen molar-refractivity contribution in [1.29, 1.82) is 0 Å². The molecule has 1 aliphatic heterocycles. The highest BCUT2D eigenvalue weighted by atomic mass is 15.1. The minimum absolute atomic E-state index is 0.899. The zero-order chi connectivity index (χ0) is 8.81. The van der Waals surface area contributed by atoms with E-state index < -0.39 is 0 Å². The highest BCUT2D eigenvalue weighted by Crippen LogP contribution is 2.15. The number of hydrogen-bond acceptors (Lipinski definition) is 2. The maximum absolute atomic E-state index is 3.76. The minimum Gasteiger partial charge on any atom is -0.319 e. The van der Waals surface area contributed by atoms with E-state index in [-0.39, 0.29) is 0 Å². The second-order valence-electron chi connectivity index (χ2n) is 3.59. The Morgan fingerprint density at radius 2 is 2.17 bits per heavy atom. The van der Waals surface area contributed by atoms with Gasteiger partial charge in [0.2, 0.25) is 0 Å². The van der Waals surface area contributed by atoms with Gasteiger partial charge in [0.25, 0.3) is 0 Å². The number of nitrogens with zero attached hydrogens (tertiary/aromatic N) is 1. The quantitative estimate of drug-likeness (QED) is 0.632. The molecule has 2 heteroatoms. The van der Waals surface area contributed by atoms with Crippen LogP contribution in [0, 0.1) is 5.92 Å². The standard InChI is InChI=1S/C10H20N2/c1-3-6-12-7-4-10(5-8-12)9-11-2/h3,10-11H,1,4-9H2,2H3. The van der Waals surface area contributed by atoms with E-state index in [9.17, 15) is 0 Å². The fourth-order valence-electron chi connectivity index (χ4n) is 1.84. The van der Waals surface area contributed by atoms with Gasteiger partial charge in [-0.15, -0.1) is 6.58 Å². The van der Waals surface area contributed by atoms with Crippen molar-refractivity contribution in [2.75, 3.05) is 33.2 Å². The van der Waals surface area contributed by atoms with Crippen molar-refractivity contribution in [2.45, 2.75) is 12.8 Å². The van der Waals surface area contributed by atoms with Crippen LogP contribution < -0.4 is 5.32 Å². The first kappa shape index (κ1) is 9.75. The lowest BCUT2D eigenvalue weighted by Gasteiger charge is -2.30. The third-order valence-electron chi connectivity index (χ3n) is 2.59. The van der Waals surface area contributed by atoms with E-state index in [1.165, 1.54) is 32.5 Å². The Morgan fingerprint density at radius 1 is 1.50 bits per heavy atom. The van der Waals surface area contributed by atoms with Crippen LogP contribution in [-0.2, 0) is 0 Å². The van der Waals surface area contributed by atoms with Crippen LogP contribution in [0.3, 0.4) is 0 Å². The Labute approximate surface area is 75.6 Å². The average molecular weight is 168 g/mol. The highest BCUT2D eigenvalue weighted by Gasteiger charge is 2.16. The van der Waals surface area contributed by atoms with Crippen LogP contribution in [0.5, 0.6) is 0 Å². The van der Waals surface area contributed by atoms with Gasteiger partial charge in [0.1, 0.15) is 0 Å². The van der Waals surface area contributed by atoms with Crippen molar-refractivity contribution in [2.24, 2.45) is 5.92 Å². The molecule has 0 atom stereocenters. The van der Waals surface area contributed by atoms with Gasteiger partial charge in [-0.05, 0) is 45.4 Å². The van der Waals surface area contributed by atoms with Gasteiger partial charge in [0, 0.05) is 6.54 Å². The molecule has 2 nitrogen and oxygen atoms in total. The summed E-state index contributed by atoms with van der Waals surface area (Å²) in [5, 5.41) is 3.25. The molecule has 1 aliphatic rings. The first-order chi connectivity index (χ1) is 5.86. The molecule has 0 aliphatic carbocycles. The van der Waals surface area contributed by atoms with Crippen molar-refractivity contribution < 1.29 is 0 Å². The molecule has 0 aromatic carbocycles. The van der Waals surface area contributed by atoms with Gasteiger partial charge >= 0.3 is 0 Å². The van der Waals surface area contributed by atoms with E-state index in [0.29, 0.717) is 0 Å². The molecule has 0 unspecified atom stereocenters. The average Bonchev–Trinajstić information content (AvgIpc) is 2.09. The summed E-state index contributed by atoms with van der Waals surface area (Å²) in [5.41, 5.74) is 0. The molecule has 0 aromatic rings. The predicted octanol–water partition coefficient (Wildman–Crippen LogP) is 1.10. The molecule has 1 N–H and O–H groups in total. The molecule has 1 rings (SSSR count). The predicted molar refractivity (Wildman–Crippen MR) is 53.3 cm³/mol. The summed E-state index contributed by atoms with van der Waals surface area (Å²) in [6.45, 7) is 8.50. The van der Waals surface area contributed by atoms with Crippen LogP contribution in [0.1, 0.15) is 12.8 Å². The van der Waals surface area contributed by atoms with E-state index in [1.54, 1.807) is 0 Å². The lowest BCUT2D eigenvalue weighted by Crippen LogP contribution is -2.36. The minimum atomic E-state index is 0.899. The Balaban J connectivity index is 2.15. The van der Waals surface area contributed by atoms with Crippen molar-refractivity contribution in [1.82, 2.24) is 10.2 Å². The Hall–Kier alpha value is -0.340. The maximum atomic E-state index is 3.76. The molecule has 0 spiro atoms. The third-order valence-corrected chi connectivity index (χ3v) is 2.59. The molecular formula is C10H20N2. The summed E-state index contributed by atoms with van der Waals surface area (Å²) < 4.78 is 0. The van der Waals surface area contributed by atoms with Gasteiger partial charge in [-0.2, -0.15) is 0 Å². The van der Waals surface area contributed by atoms with Gasteiger partial charge in [-0.3, -0.25) is 4.90 Å². The van der Waals surface area contributed by atoms with Gasteiger partial charge in [-0.1, -0.05) is 6.08 Å². The number of likely N-dealkylation sites (tertiary alicyclic amines) is 1. The van der Waals surface area contributed by atoms with Crippen LogP contribution in [0.15, 0.2) is 12.7 Å². The molecule has 0 radical (unpaired) electrons. The van der Waals surface area contributed by atoms with Crippen LogP contribution in [0.4, 0.5) is 0 Å². The number of hydrogen-bond donors (Lipinski definition) is 1. The van der Waals surface area contributed by atoms with E-state index in [2.05, 4.69) is 16.8 Å². The summed E-state index contributed by atoms with van der Waals surface area (Å²) in [4.78, 5) is 2.47. The smallest absolute Gasteiger partial charge is 0.0160 e. The van der Waals surface area contributed by atoms with Crippen LogP contribution in [-0.4, -0.2) is 38.1 Å². The van der Waals surface area contributed by atoms with Crippen LogP contribution >= 0.6 is 0 Å². The summed E-state index contributed by atoms with van der Waals surface area (Å²) in [6, 6.07) is 0. The molecular weight excluding hydrogens is 148 g/mol. The van der Waals surface area contributed by atoms with Gasteiger partial charge in [0.15, 0.2) is 0 Å². The second kappa shape index (κ2) is 5.33. The zero-order valence-corrected chi connectivity index (χ0v) is 8.05. The van der Waals surface area contributed by atoms with Crippen molar-refractivity contribution >= 4 is 0 Å². The number of rotatable bonds is 4. The Kier molecular flexibility index (Phi) is 4.33. The molecule has 12 heavy (non-hydrogen) atoms. The van der Waals surface area contributed by atoms with Crippen molar-refractivity contribution in [3.63, 3.8) is 0 Å². The fourth-order valence-corrected chi connectivity index (χ4v) is 1.84.